The standard InChI is InChI=1S/C20H23NO5S/c22-20(23)14-26-18-10-8-17(9-11-18)21-27(24,25)19-12-6-16(7-13-19)15-4-2-1-3-5-15/h6-13,15,21H,1-5,14H2,(H,22,23). The van der Waals surface area contributed by atoms with Crippen molar-refractivity contribution in [2.24, 2.45) is 0 Å². The second kappa shape index (κ2) is 8.43. The van der Waals surface area contributed by atoms with Gasteiger partial charge in [-0.25, -0.2) is 13.2 Å². The predicted octanol–water partition coefficient (Wildman–Crippen LogP) is 4.00. The molecule has 1 saturated carbocycles. The van der Waals surface area contributed by atoms with E-state index in [2.05, 4.69) is 4.72 Å². The fraction of sp³-hybridized carbons (Fsp3) is 0.350. The largest absolute Gasteiger partial charge is 0.482 e. The molecule has 0 aliphatic heterocycles. The van der Waals surface area contributed by atoms with Crippen molar-refractivity contribution in [3.63, 3.8) is 0 Å². The van der Waals surface area contributed by atoms with Crippen LogP contribution in [0.25, 0.3) is 0 Å². The summed E-state index contributed by atoms with van der Waals surface area (Å²) in [5, 5.41) is 8.59. The first-order valence-electron chi connectivity index (χ1n) is 9.01. The lowest BCUT2D eigenvalue weighted by Gasteiger charge is -2.22. The van der Waals surface area contributed by atoms with Crippen LogP contribution in [0.5, 0.6) is 5.75 Å². The fourth-order valence-corrected chi connectivity index (χ4v) is 4.39. The summed E-state index contributed by atoms with van der Waals surface area (Å²) in [6, 6.07) is 13.2. The maximum absolute atomic E-state index is 12.6. The third-order valence-corrected chi connectivity index (χ3v) is 6.13. The summed E-state index contributed by atoms with van der Waals surface area (Å²) in [6.45, 7) is -0.446. The molecule has 3 rings (SSSR count). The Hall–Kier alpha value is -2.54. The van der Waals surface area contributed by atoms with Crippen molar-refractivity contribution in [1.29, 1.82) is 0 Å². The minimum Gasteiger partial charge on any atom is -0.482 e. The van der Waals surface area contributed by atoms with Crippen molar-refractivity contribution >= 4 is 21.7 Å². The molecule has 0 saturated heterocycles. The summed E-state index contributed by atoms with van der Waals surface area (Å²) in [5.74, 6) is -0.185. The van der Waals surface area contributed by atoms with Crippen molar-refractivity contribution in [2.75, 3.05) is 11.3 Å². The second-order valence-corrected chi connectivity index (χ2v) is 8.40. The van der Waals surface area contributed by atoms with Crippen molar-refractivity contribution < 1.29 is 23.1 Å². The van der Waals surface area contributed by atoms with E-state index < -0.39 is 22.6 Å². The Labute approximate surface area is 159 Å². The Morgan fingerprint density at radius 1 is 1.00 bits per heavy atom. The number of carbonyl (C=O) groups is 1. The molecule has 0 aromatic heterocycles. The first-order valence-corrected chi connectivity index (χ1v) is 10.5. The minimum atomic E-state index is -3.68. The number of nitrogens with one attached hydrogen (secondary N) is 1. The number of ether oxygens (including phenoxy) is 1. The van der Waals surface area contributed by atoms with Crippen LogP contribution in [0, 0.1) is 0 Å². The Bertz CT molecular complexity index is 870. The number of benzene rings is 2. The summed E-state index contributed by atoms with van der Waals surface area (Å²) in [5.41, 5.74) is 1.59. The lowest BCUT2D eigenvalue weighted by Crippen LogP contribution is -2.13. The number of rotatable bonds is 7. The van der Waals surface area contributed by atoms with Gasteiger partial charge < -0.3 is 9.84 Å². The van der Waals surface area contributed by atoms with Crippen LogP contribution in [0.4, 0.5) is 5.69 Å². The van der Waals surface area contributed by atoms with Gasteiger partial charge in [0.1, 0.15) is 5.75 Å². The highest BCUT2D eigenvalue weighted by Crippen LogP contribution is 2.33. The van der Waals surface area contributed by atoms with E-state index in [1.807, 2.05) is 12.1 Å². The summed E-state index contributed by atoms with van der Waals surface area (Å²) < 4.78 is 32.7. The number of hydrogen-bond acceptors (Lipinski definition) is 4. The van der Waals surface area contributed by atoms with Crippen LogP contribution in [0.15, 0.2) is 53.4 Å². The molecule has 0 atom stereocenters. The van der Waals surface area contributed by atoms with Crippen LogP contribution in [0.1, 0.15) is 43.6 Å². The van der Waals surface area contributed by atoms with E-state index in [0.29, 0.717) is 17.4 Å². The van der Waals surface area contributed by atoms with Gasteiger partial charge in [-0.05, 0) is 60.7 Å². The molecule has 2 N–H and O–H groups in total. The van der Waals surface area contributed by atoms with Crippen LogP contribution < -0.4 is 9.46 Å². The van der Waals surface area contributed by atoms with E-state index in [-0.39, 0.29) is 4.90 Å². The van der Waals surface area contributed by atoms with Crippen LogP contribution in [0.3, 0.4) is 0 Å². The number of carboxylic acid groups (broad SMARTS) is 1. The smallest absolute Gasteiger partial charge is 0.341 e. The second-order valence-electron chi connectivity index (χ2n) is 6.72. The van der Waals surface area contributed by atoms with Crippen molar-refractivity contribution in [1.82, 2.24) is 0 Å². The van der Waals surface area contributed by atoms with Gasteiger partial charge in [-0.2, -0.15) is 0 Å². The molecule has 27 heavy (non-hydrogen) atoms. The fourth-order valence-electron chi connectivity index (χ4n) is 3.33. The van der Waals surface area contributed by atoms with E-state index >= 15 is 0 Å². The molecule has 0 unspecified atom stereocenters. The van der Waals surface area contributed by atoms with Gasteiger partial charge in [-0.1, -0.05) is 31.4 Å². The highest BCUT2D eigenvalue weighted by Gasteiger charge is 2.18. The molecular formula is C20H23NO5S. The monoisotopic (exact) mass is 389 g/mol. The number of anilines is 1. The van der Waals surface area contributed by atoms with E-state index in [0.717, 1.165) is 0 Å². The first-order chi connectivity index (χ1) is 12.9. The maximum Gasteiger partial charge on any atom is 0.341 e. The number of aliphatic carboxylic acids is 1. The van der Waals surface area contributed by atoms with E-state index in [9.17, 15) is 13.2 Å². The summed E-state index contributed by atoms with van der Waals surface area (Å²) in [6.07, 6.45) is 6.09. The number of carboxylic acids is 1. The molecule has 0 radical (unpaired) electrons. The van der Waals surface area contributed by atoms with Gasteiger partial charge in [-0.15, -0.1) is 0 Å². The van der Waals surface area contributed by atoms with Crippen molar-refractivity contribution in [2.45, 2.75) is 42.9 Å². The molecule has 7 heteroatoms. The van der Waals surface area contributed by atoms with Gasteiger partial charge in [-0.3, -0.25) is 4.72 Å². The maximum atomic E-state index is 12.6. The van der Waals surface area contributed by atoms with Crippen LogP contribution in [-0.4, -0.2) is 26.1 Å². The third kappa shape index (κ3) is 5.23. The quantitative estimate of drug-likeness (QED) is 0.747. The molecule has 144 valence electrons. The lowest BCUT2D eigenvalue weighted by molar-refractivity contribution is -0.139. The van der Waals surface area contributed by atoms with Crippen molar-refractivity contribution in [3.8, 4) is 5.75 Å². The van der Waals surface area contributed by atoms with E-state index in [1.165, 1.54) is 61.9 Å². The normalized spacial score (nSPS) is 15.3. The molecule has 1 fully saturated rings. The molecule has 6 nitrogen and oxygen atoms in total. The van der Waals surface area contributed by atoms with Crippen molar-refractivity contribution in [3.05, 3.63) is 54.1 Å². The Morgan fingerprint density at radius 3 is 2.22 bits per heavy atom. The average molecular weight is 389 g/mol. The zero-order valence-electron chi connectivity index (χ0n) is 14.9. The first kappa shape index (κ1) is 19.2. The summed E-state index contributed by atoms with van der Waals surface area (Å²) in [7, 11) is -3.68. The van der Waals surface area contributed by atoms with Gasteiger partial charge in [0.05, 0.1) is 4.90 Å². The molecule has 0 spiro atoms. The SMILES string of the molecule is O=C(O)COc1ccc(NS(=O)(=O)c2ccc(C3CCCCC3)cc2)cc1. The van der Waals surface area contributed by atoms with Gasteiger partial charge >= 0.3 is 5.97 Å². The van der Waals surface area contributed by atoms with Gasteiger partial charge in [0, 0.05) is 5.69 Å². The zero-order chi connectivity index (χ0) is 19.3. The number of sulfonamides is 1. The average Bonchev–Trinajstić information content (AvgIpc) is 2.68. The van der Waals surface area contributed by atoms with Crippen LogP contribution in [0.2, 0.25) is 0 Å². The zero-order valence-corrected chi connectivity index (χ0v) is 15.7. The Balaban J connectivity index is 1.66. The van der Waals surface area contributed by atoms with Crippen LogP contribution in [-0.2, 0) is 14.8 Å². The summed E-state index contributed by atoms with van der Waals surface area (Å²) in [4.78, 5) is 10.7. The lowest BCUT2D eigenvalue weighted by atomic mass is 9.84. The van der Waals surface area contributed by atoms with Gasteiger partial charge in [0.15, 0.2) is 6.61 Å². The Kier molecular flexibility index (Phi) is 6.01. The highest BCUT2D eigenvalue weighted by molar-refractivity contribution is 7.92. The molecule has 0 bridgehead atoms. The molecule has 2 aromatic rings. The van der Waals surface area contributed by atoms with E-state index in [4.69, 9.17) is 9.84 Å². The van der Waals surface area contributed by atoms with Crippen LogP contribution >= 0.6 is 0 Å². The Morgan fingerprint density at radius 2 is 1.63 bits per heavy atom. The molecule has 2 aromatic carbocycles. The van der Waals surface area contributed by atoms with E-state index in [1.54, 1.807) is 12.1 Å². The van der Waals surface area contributed by atoms with Gasteiger partial charge in [0.2, 0.25) is 0 Å². The highest BCUT2D eigenvalue weighted by atomic mass is 32.2. The topological polar surface area (TPSA) is 92.7 Å². The molecule has 1 aliphatic rings. The minimum absolute atomic E-state index is 0.216. The molecule has 0 heterocycles. The molecule has 0 amide bonds. The third-order valence-electron chi connectivity index (χ3n) is 4.74. The molecule has 1 aliphatic carbocycles. The summed E-state index contributed by atoms with van der Waals surface area (Å²) >= 11 is 0. The molecular weight excluding hydrogens is 366 g/mol. The number of hydrogen-bond donors (Lipinski definition) is 2. The van der Waals surface area contributed by atoms with Gasteiger partial charge in [0.25, 0.3) is 10.0 Å². The predicted molar refractivity (Wildman–Crippen MR) is 103 cm³/mol.